The second-order valence-corrected chi connectivity index (χ2v) is 8.26. The lowest BCUT2D eigenvalue weighted by molar-refractivity contribution is -0.130. The van der Waals surface area contributed by atoms with E-state index in [9.17, 15) is 4.79 Å². The van der Waals surface area contributed by atoms with Crippen LogP contribution in [-0.2, 0) is 4.79 Å². The maximum atomic E-state index is 12.9. The van der Waals surface area contributed by atoms with Gasteiger partial charge in [-0.05, 0) is 24.6 Å². The molecule has 0 spiro atoms. The van der Waals surface area contributed by atoms with E-state index in [0.29, 0.717) is 11.8 Å². The van der Waals surface area contributed by atoms with E-state index in [-0.39, 0.29) is 5.91 Å². The zero-order valence-electron chi connectivity index (χ0n) is 15.6. The van der Waals surface area contributed by atoms with E-state index in [4.69, 9.17) is 0 Å². The molecule has 6 nitrogen and oxygen atoms in total. The summed E-state index contributed by atoms with van der Waals surface area (Å²) in [4.78, 5) is 29.2. The van der Waals surface area contributed by atoms with Gasteiger partial charge in [-0.1, -0.05) is 19.1 Å². The normalized spacial score (nSPS) is 19.7. The summed E-state index contributed by atoms with van der Waals surface area (Å²) in [6.07, 6.45) is 4.63. The topological polar surface area (TPSA) is 52.6 Å². The molecule has 0 aliphatic carbocycles. The molecular weight excluding hydrogens is 358 g/mol. The third kappa shape index (κ3) is 4.03. The number of nitrogens with zero attached hydrogens (tertiary/aromatic N) is 5. The number of piperazine rings is 1. The molecular formula is C20H25N5OS. The molecule has 1 saturated heterocycles. The van der Waals surface area contributed by atoms with Crippen molar-refractivity contribution in [3.8, 4) is 0 Å². The van der Waals surface area contributed by atoms with Crippen LogP contribution in [0, 0.1) is 0 Å². The predicted molar refractivity (Wildman–Crippen MR) is 109 cm³/mol. The van der Waals surface area contributed by atoms with E-state index >= 15 is 0 Å². The molecule has 1 atom stereocenters. The number of aromatic nitrogens is 2. The molecule has 0 unspecified atom stereocenters. The number of fused-ring (bicyclic) bond motifs is 1. The fourth-order valence-corrected chi connectivity index (χ4v) is 4.87. The molecule has 7 heteroatoms. The van der Waals surface area contributed by atoms with Crippen LogP contribution in [0.5, 0.6) is 0 Å². The zero-order chi connectivity index (χ0) is 18.6. The Labute approximate surface area is 164 Å². The molecule has 1 aromatic carbocycles. The van der Waals surface area contributed by atoms with Gasteiger partial charge in [0, 0.05) is 55.3 Å². The van der Waals surface area contributed by atoms with Crippen molar-refractivity contribution in [2.75, 3.05) is 49.1 Å². The minimum absolute atomic E-state index is 0.209. The van der Waals surface area contributed by atoms with Crippen LogP contribution in [0.15, 0.2) is 47.6 Å². The van der Waals surface area contributed by atoms with Crippen LogP contribution in [0.4, 0.5) is 11.6 Å². The van der Waals surface area contributed by atoms with Crippen molar-refractivity contribution in [3.05, 3.63) is 42.7 Å². The minimum atomic E-state index is 0.209. The molecule has 2 aliphatic rings. The number of para-hydroxylation sites is 1. The predicted octanol–water partition coefficient (Wildman–Crippen LogP) is 2.52. The fraction of sp³-hybridized carbons (Fsp3) is 0.450. The Morgan fingerprint density at radius 1 is 1.11 bits per heavy atom. The molecule has 0 bridgehead atoms. The molecule has 0 radical (unpaired) electrons. The van der Waals surface area contributed by atoms with Crippen LogP contribution in [0.25, 0.3) is 0 Å². The molecule has 3 heterocycles. The number of thioether (sulfide) groups is 1. The van der Waals surface area contributed by atoms with Crippen LogP contribution < -0.4 is 9.80 Å². The number of carbonyl (C=O) groups excluding carboxylic acids is 1. The first kappa shape index (κ1) is 18.1. The van der Waals surface area contributed by atoms with Gasteiger partial charge < -0.3 is 14.7 Å². The Hall–Kier alpha value is -2.28. The lowest BCUT2D eigenvalue weighted by Crippen LogP contribution is -2.52. The van der Waals surface area contributed by atoms with Crippen LogP contribution in [-0.4, -0.2) is 65.3 Å². The van der Waals surface area contributed by atoms with E-state index in [1.165, 1.54) is 10.6 Å². The van der Waals surface area contributed by atoms with Gasteiger partial charge in [0.2, 0.25) is 11.9 Å². The van der Waals surface area contributed by atoms with Crippen molar-refractivity contribution >= 4 is 29.3 Å². The fourth-order valence-electron chi connectivity index (χ4n) is 3.61. The molecule has 27 heavy (non-hydrogen) atoms. The van der Waals surface area contributed by atoms with E-state index in [0.717, 1.165) is 45.1 Å². The minimum Gasteiger partial charge on any atom is -0.360 e. The average Bonchev–Trinajstić information content (AvgIpc) is 2.74. The number of benzene rings is 1. The monoisotopic (exact) mass is 383 g/mol. The highest BCUT2D eigenvalue weighted by Gasteiger charge is 2.28. The van der Waals surface area contributed by atoms with Gasteiger partial charge in [-0.25, -0.2) is 9.97 Å². The highest BCUT2D eigenvalue weighted by molar-refractivity contribution is 8.00. The van der Waals surface area contributed by atoms with Crippen LogP contribution in [0.1, 0.15) is 13.3 Å². The van der Waals surface area contributed by atoms with Gasteiger partial charge in [0.15, 0.2) is 0 Å². The second kappa shape index (κ2) is 8.17. The molecule has 0 N–H and O–H groups in total. The van der Waals surface area contributed by atoms with Crippen molar-refractivity contribution in [2.24, 2.45) is 0 Å². The van der Waals surface area contributed by atoms with Crippen molar-refractivity contribution in [3.63, 3.8) is 0 Å². The molecule has 142 valence electrons. The maximum absolute atomic E-state index is 12.9. The van der Waals surface area contributed by atoms with Crippen molar-refractivity contribution in [2.45, 2.75) is 23.5 Å². The summed E-state index contributed by atoms with van der Waals surface area (Å²) in [6, 6.07) is 10.3. The molecule has 1 fully saturated rings. The van der Waals surface area contributed by atoms with Crippen LogP contribution >= 0.6 is 11.8 Å². The molecule has 1 aromatic heterocycles. The number of anilines is 2. The summed E-state index contributed by atoms with van der Waals surface area (Å²) in [7, 11) is 0. The summed E-state index contributed by atoms with van der Waals surface area (Å²) < 4.78 is 0. The van der Waals surface area contributed by atoms with E-state index < -0.39 is 0 Å². The lowest BCUT2D eigenvalue weighted by atomic mass is 10.2. The molecule has 2 aliphatic heterocycles. The number of amides is 1. The Balaban J connectivity index is 1.38. The quantitative estimate of drug-likeness (QED) is 0.809. The third-order valence-corrected chi connectivity index (χ3v) is 6.59. The first-order chi connectivity index (χ1) is 13.2. The highest BCUT2D eigenvalue weighted by atomic mass is 32.2. The average molecular weight is 384 g/mol. The largest absolute Gasteiger partial charge is 0.360 e. The summed E-state index contributed by atoms with van der Waals surface area (Å²) in [5, 5.41) is 0.541. The Morgan fingerprint density at radius 2 is 1.85 bits per heavy atom. The van der Waals surface area contributed by atoms with Gasteiger partial charge in [-0.3, -0.25) is 4.79 Å². The summed E-state index contributed by atoms with van der Waals surface area (Å²) >= 11 is 1.93. The van der Waals surface area contributed by atoms with Gasteiger partial charge in [-0.2, -0.15) is 0 Å². The Bertz CT molecular complexity index is 779. The number of hydrogen-bond acceptors (Lipinski definition) is 6. The maximum Gasteiger partial charge on any atom is 0.242 e. The Morgan fingerprint density at radius 3 is 2.59 bits per heavy atom. The first-order valence-electron chi connectivity index (χ1n) is 9.55. The summed E-state index contributed by atoms with van der Waals surface area (Å²) in [5.41, 5.74) is 1.19. The molecule has 4 rings (SSSR count). The van der Waals surface area contributed by atoms with Crippen molar-refractivity contribution in [1.82, 2.24) is 14.9 Å². The molecule has 0 saturated carbocycles. The van der Waals surface area contributed by atoms with E-state index in [1.54, 1.807) is 12.4 Å². The Kier molecular flexibility index (Phi) is 5.48. The number of rotatable bonds is 4. The van der Waals surface area contributed by atoms with Gasteiger partial charge in [0.05, 0.1) is 12.2 Å². The summed E-state index contributed by atoms with van der Waals surface area (Å²) in [6.45, 7) is 6.60. The van der Waals surface area contributed by atoms with Gasteiger partial charge >= 0.3 is 0 Å². The van der Waals surface area contributed by atoms with Crippen LogP contribution in [0.2, 0.25) is 0 Å². The third-order valence-electron chi connectivity index (χ3n) is 5.17. The highest BCUT2D eigenvalue weighted by Crippen LogP contribution is 2.39. The molecule has 2 aromatic rings. The lowest BCUT2D eigenvalue weighted by Gasteiger charge is -2.38. The van der Waals surface area contributed by atoms with Crippen molar-refractivity contribution in [1.29, 1.82) is 0 Å². The van der Waals surface area contributed by atoms with Gasteiger partial charge in [0.25, 0.3) is 0 Å². The first-order valence-corrected chi connectivity index (χ1v) is 10.4. The second-order valence-electron chi connectivity index (χ2n) is 6.91. The number of carbonyl (C=O) groups is 1. The smallest absolute Gasteiger partial charge is 0.242 e. The molecule has 1 amide bonds. The van der Waals surface area contributed by atoms with Crippen molar-refractivity contribution < 1.29 is 4.79 Å². The van der Waals surface area contributed by atoms with E-state index in [1.807, 2.05) is 22.7 Å². The zero-order valence-corrected chi connectivity index (χ0v) is 16.4. The summed E-state index contributed by atoms with van der Waals surface area (Å²) in [5.74, 6) is 0.956. The van der Waals surface area contributed by atoms with Gasteiger partial charge in [-0.15, -0.1) is 11.8 Å². The SMILES string of the molecule is CC[C@@H]1CN(CC(=O)N2CCN(c3ncccn3)CC2)c2ccccc2S1. The van der Waals surface area contributed by atoms with Crippen LogP contribution in [0.3, 0.4) is 0 Å². The van der Waals surface area contributed by atoms with E-state index in [2.05, 4.69) is 51.0 Å². The van der Waals surface area contributed by atoms with Gasteiger partial charge in [0.1, 0.15) is 0 Å². The number of hydrogen-bond donors (Lipinski definition) is 0. The standard InChI is InChI=1S/C20H25N5OS/c1-2-16-14-25(17-6-3-4-7-18(17)27-16)15-19(26)23-10-12-24(13-11-23)20-21-8-5-9-22-20/h3-9,16H,2,10-15H2,1H3/t16-/m1/s1.